The van der Waals surface area contributed by atoms with E-state index in [0.717, 1.165) is 75.0 Å². The molecule has 0 saturated carbocycles. The summed E-state index contributed by atoms with van der Waals surface area (Å²) in [4.78, 5) is 21.0. The molecule has 50 heavy (non-hydrogen) atoms. The Bertz CT molecular complexity index is 2060. The zero-order chi connectivity index (χ0) is 34.3. The molecular weight excluding hydrogens is 669 g/mol. The summed E-state index contributed by atoms with van der Waals surface area (Å²) in [5.41, 5.74) is 7.30. The SMILES string of the molecule is COCCN1CC2CCC(C1)N2c1nc(OC[C@@]23CCCN2C[C@H](F)C3)nc2c(F)c(-c3ncc(F)c4sc(N)c(C#N)c34)c3c(c12)COC3. The summed E-state index contributed by atoms with van der Waals surface area (Å²) >= 11 is 0.935. The highest BCUT2D eigenvalue weighted by Crippen LogP contribution is 2.48. The minimum Gasteiger partial charge on any atom is -0.461 e. The zero-order valence-electron chi connectivity index (χ0n) is 27.7. The maximum atomic E-state index is 17.5. The predicted molar refractivity (Wildman–Crippen MR) is 182 cm³/mol. The number of halogens is 3. The van der Waals surface area contributed by atoms with E-state index in [0.29, 0.717) is 36.3 Å². The van der Waals surface area contributed by atoms with Gasteiger partial charge in [0.1, 0.15) is 35.2 Å². The number of hydrogen-bond donors (Lipinski definition) is 1. The lowest BCUT2D eigenvalue weighted by molar-refractivity contribution is 0.107. The molecule has 4 atom stereocenters. The number of thiophene rings is 1. The van der Waals surface area contributed by atoms with Crippen LogP contribution in [0.5, 0.6) is 6.01 Å². The quantitative estimate of drug-likeness (QED) is 0.268. The van der Waals surface area contributed by atoms with Gasteiger partial charge < -0.3 is 24.8 Å². The molecule has 0 radical (unpaired) electrons. The van der Waals surface area contributed by atoms with Gasteiger partial charge in [-0.05, 0) is 43.4 Å². The molecule has 2 N–H and O–H groups in total. The molecule has 0 amide bonds. The van der Waals surface area contributed by atoms with Gasteiger partial charge in [-0.2, -0.15) is 15.2 Å². The van der Waals surface area contributed by atoms with E-state index in [9.17, 15) is 9.65 Å². The number of fused-ring (bicyclic) bond motifs is 7. The van der Waals surface area contributed by atoms with Crippen molar-refractivity contribution < 1.29 is 27.4 Å². The summed E-state index contributed by atoms with van der Waals surface area (Å²) in [7, 11) is 1.70. The van der Waals surface area contributed by atoms with Gasteiger partial charge in [-0.25, -0.2) is 13.2 Å². The van der Waals surface area contributed by atoms with Crippen LogP contribution in [0.15, 0.2) is 6.20 Å². The van der Waals surface area contributed by atoms with Gasteiger partial charge in [0.25, 0.3) is 0 Å². The van der Waals surface area contributed by atoms with Crippen molar-refractivity contribution >= 4 is 43.1 Å². The Labute approximate surface area is 290 Å². The van der Waals surface area contributed by atoms with Crippen molar-refractivity contribution in [3.05, 3.63) is 34.5 Å². The van der Waals surface area contributed by atoms with Gasteiger partial charge >= 0.3 is 6.01 Å². The Hall–Kier alpha value is -3.81. The number of nitrogens with two attached hydrogens (primary N) is 1. The second kappa shape index (κ2) is 12.2. The minimum atomic E-state index is -0.927. The molecule has 8 heterocycles. The molecule has 5 aliphatic rings. The Morgan fingerprint density at radius 3 is 2.72 bits per heavy atom. The van der Waals surface area contributed by atoms with E-state index in [-0.39, 0.29) is 75.3 Å². The molecule has 5 aliphatic heterocycles. The molecule has 0 spiro atoms. The van der Waals surface area contributed by atoms with Gasteiger partial charge in [0.2, 0.25) is 0 Å². The fourth-order valence-electron chi connectivity index (χ4n) is 9.26. The van der Waals surface area contributed by atoms with Crippen LogP contribution in [-0.4, -0.2) is 102 Å². The first-order valence-corrected chi connectivity index (χ1v) is 18.0. The molecule has 2 unspecified atom stereocenters. The maximum absolute atomic E-state index is 17.5. The molecule has 4 saturated heterocycles. The number of likely N-dealkylation sites (tertiary alicyclic amines) is 1. The summed E-state index contributed by atoms with van der Waals surface area (Å²) in [6.07, 6.45) is 4.16. The molecule has 262 valence electrons. The van der Waals surface area contributed by atoms with Crippen molar-refractivity contribution in [1.29, 1.82) is 5.26 Å². The third-order valence-corrected chi connectivity index (χ3v) is 12.5. The van der Waals surface area contributed by atoms with Gasteiger partial charge in [0, 0.05) is 62.7 Å². The van der Waals surface area contributed by atoms with E-state index in [1.165, 1.54) is 0 Å². The molecule has 15 heteroatoms. The average molecular weight is 707 g/mol. The van der Waals surface area contributed by atoms with Crippen LogP contribution in [0.2, 0.25) is 0 Å². The Morgan fingerprint density at radius 2 is 1.94 bits per heavy atom. The number of aromatic nitrogens is 3. The fourth-order valence-corrected chi connectivity index (χ4v) is 10.2. The number of benzene rings is 1. The third kappa shape index (κ3) is 4.86. The lowest BCUT2D eigenvalue weighted by Gasteiger charge is -2.42. The maximum Gasteiger partial charge on any atom is 0.319 e. The largest absolute Gasteiger partial charge is 0.461 e. The number of hydrogen-bond acceptors (Lipinski definition) is 12. The van der Waals surface area contributed by atoms with Crippen LogP contribution in [0.25, 0.3) is 32.2 Å². The van der Waals surface area contributed by atoms with Crippen molar-refractivity contribution in [2.45, 2.75) is 69.1 Å². The zero-order valence-corrected chi connectivity index (χ0v) is 28.5. The molecule has 0 aliphatic carbocycles. The summed E-state index contributed by atoms with van der Waals surface area (Å²) in [5.74, 6) is -0.719. The number of piperazine rings is 1. The van der Waals surface area contributed by atoms with E-state index in [4.69, 9.17) is 29.9 Å². The standard InChI is InChI=1S/C35H37F3N8O3S/c1-47-8-7-44-13-19-3-4-20(14-44)46(19)33-27-23-16-48-15-22(23)25(29-26-21(10-39)32(40)50-31(26)24(37)11-41-29)28(38)30(27)42-34(43-33)49-17-35-5-2-6-45(35)12-18(36)9-35/h11,18-20H,2-9,12-17,40H2,1H3/t18-,19?,20?,35+/m1/s1. The highest BCUT2D eigenvalue weighted by molar-refractivity contribution is 7.23. The summed E-state index contributed by atoms with van der Waals surface area (Å²) in [6.45, 7) is 4.75. The number of nitrogen functional groups attached to an aromatic ring is 1. The number of nitriles is 1. The van der Waals surface area contributed by atoms with Gasteiger partial charge in [-0.15, -0.1) is 11.3 Å². The van der Waals surface area contributed by atoms with E-state index in [1.807, 2.05) is 0 Å². The molecule has 3 aromatic heterocycles. The van der Waals surface area contributed by atoms with Crippen LogP contribution in [0.3, 0.4) is 0 Å². The molecule has 11 nitrogen and oxygen atoms in total. The number of methoxy groups -OCH3 is 1. The second-order valence-corrected chi connectivity index (χ2v) is 15.3. The van der Waals surface area contributed by atoms with E-state index >= 15 is 8.78 Å². The van der Waals surface area contributed by atoms with E-state index < -0.39 is 23.3 Å². The summed E-state index contributed by atoms with van der Waals surface area (Å²) in [5, 5.41) is 10.9. The van der Waals surface area contributed by atoms with Crippen LogP contribution < -0.4 is 15.4 Å². The first-order valence-electron chi connectivity index (χ1n) is 17.2. The highest BCUT2D eigenvalue weighted by atomic mass is 32.1. The van der Waals surface area contributed by atoms with Crippen molar-refractivity contribution in [3.63, 3.8) is 0 Å². The van der Waals surface area contributed by atoms with Gasteiger partial charge in [-0.3, -0.25) is 14.8 Å². The number of alkyl halides is 1. The average Bonchev–Trinajstić information content (AvgIpc) is 3.91. The van der Waals surface area contributed by atoms with Crippen LogP contribution in [0, 0.1) is 23.0 Å². The number of ether oxygens (including phenoxy) is 3. The minimum absolute atomic E-state index is 0.0238. The predicted octanol–water partition coefficient (Wildman–Crippen LogP) is 4.92. The first-order chi connectivity index (χ1) is 24.3. The Morgan fingerprint density at radius 1 is 1.14 bits per heavy atom. The molecule has 2 bridgehead atoms. The highest BCUT2D eigenvalue weighted by Gasteiger charge is 2.50. The van der Waals surface area contributed by atoms with Crippen molar-refractivity contribution in [2.24, 2.45) is 0 Å². The molecule has 4 aromatic rings. The van der Waals surface area contributed by atoms with Gasteiger partial charge in [-0.1, -0.05) is 0 Å². The third-order valence-electron chi connectivity index (χ3n) is 11.4. The summed E-state index contributed by atoms with van der Waals surface area (Å²) in [6, 6.07) is 2.36. The molecular formula is C35H37F3N8O3S. The van der Waals surface area contributed by atoms with Crippen molar-refractivity contribution in [3.8, 4) is 23.3 Å². The normalized spacial score (nSPS) is 26.3. The first kappa shape index (κ1) is 32.1. The fraction of sp³-hybridized carbons (Fsp3) is 0.543. The smallest absolute Gasteiger partial charge is 0.319 e. The number of anilines is 2. The number of pyridine rings is 1. The Balaban J connectivity index is 1.23. The summed E-state index contributed by atoms with van der Waals surface area (Å²) < 4.78 is 65.0. The molecule has 9 rings (SSSR count). The lowest BCUT2D eigenvalue weighted by Crippen LogP contribution is -2.54. The van der Waals surface area contributed by atoms with Gasteiger partial charge in [0.15, 0.2) is 11.6 Å². The lowest BCUT2D eigenvalue weighted by atomic mass is 9.93. The topological polar surface area (TPSA) is 126 Å². The molecule has 4 fully saturated rings. The second-order valence-electron chi connectivity index (χ2n) is 14.2. The number of nitrogens with zero attached hydrogens (tertiary/aromatic N) is 7. The van der Waals surface area contributed by atoms with Crippen molar-refractivity contribution in [2.75, 3.05) is 63.7 Å². The molecule has 1 aromatic carbocycles. The monoisotopic (exact) mass is 706 g/mol. The Kier molecular flexibility index (Phi) is 7.81. The van der Waals surface area contributed by atoms with Crippen LogP contribution >= 0.6 is 11.3 Å². The van der Waals surface area contributed by atoms with Crippen LogP contribution in [-0.2, 0) is 22.7 Å². The van der Waals surface area contributed by atoms with Crippen LogP contribution in [0.4, 0.5) is 24.0 Å². The number of rotatable bonds is 8. The van der Waals surface area contributed by atoms with Crippen molar-refractivity contribution in [1.82, 2.24) is 24.8 Å². The van der Waals surface area contributed by atoms with Crippen LogP contribution in [0.1, 0.15) is 48.8 Å². The van der Waals surface area contributed by atoms with E-state index in [2.05, 4.69) is 25.8 Å². The van der Waals surface area contributed by atoms with Gasteiger partial charge in [0.05, 0.1) is 52.9 Å². The van der Waals surface area contributed by atoms with E-state index in [1.54, 1.807) is 7.11 Å².